The molecule has 0 fully saturated rings. The molecular formula is C12H28N2. The molecule has 2 heteroatoms. The minimum Gasteiger partial charge on any atom is -0.313 e. The van der Waals surface area contributed by atoms with Crippen molar-refractivity contribution in [3.05, 3.63) is 0 Å². The molecule has 0 heterocycles. The first-order chi connectivity index (χ1) is 6.52. The van der Waals surface area contributed by atoms with Crippen molar-refractivity contribution in [1.82, 2.24) is 10.2 Å². The van der Waals surface area contributed by atoms with Crippen molar-refractivity contribution in [2.45, 2.75) is 65.6 Å². The van der Waals surface area contributed by atoms with Gasteiger partial charge in [-0.1, -0.05) is 27.7 Å². The van der Waals surface area contributed by atoms with E-state index in [2.05, 4.69) is 51.9 Å². The maximum absolute atomic E-state index is 3.49. The highest BCUT2D eigenvalue weighted by Crippen LogP contribution is 2.09. The lowest BCUT2D eigenvalue weighted by Gasteiger charge is -2.32. The quantitative estimate of drug-likeness (QED) is 0.679. The second-order valence-corrected chi connectivity index (χ2v) is 4.55. The monoisotopic (exact) mass is 200 g/mol. The van der Waals surface area contributed by atoms with Crippen molar-refractivity contribution in [3.8, 4) is 0 Å². The van der Waals surface area contributed by atoms with Crippen molar-refractivity contribution in [2.75, 3.05) is 13.6 Å². The average Bonchev–Trinajstić information content (AvgIpc) is 2.15. The van der Waals surface area contributed by atoms with Gasteiger partial charge >= 0.3 is 0 Å². The molecule has 0 radical (unpaired) electrons. The first kappa shape index (κ1) is 13.9. The first-order valence-electron chi connectivity index (χ1n) is 5.98. The van der Waals surface area contributed by atoms with E-state index in [0.29, 0.717) is 12.1 Å². The highest BCUT2D eigenvalue weighted by molar-refractivity contribution is 4.73. The molecule has 0 saturated heterocycles. The molecule has 1 atom stereocenters. The van der Waals surface area contributed by atoms with Gasteiger partial charge in [-0.15, -0.1) is 0 Å². The lowest BCUT2D eigenvalue weighted by atomic mass is 10.1. The van der Waals surface area contributed by atoms with Gasteiger partial charge in [-0.05, 0) is 26.8 Å². The molecule has 0 aromatic heterocycles. The molecule has 2 nitrogen and oxygen atoms in total. The molecule has 1 N–H and O–H groups in total. The van der Waals surface area contributed by atoms with Gasteiger partial charge in [0.2, 0.25) is 0 Å². The van der Waals surface area contributed by atoms with E-state index in [1.165, 1.54) is 12.8 Å². The lowest BCUT2D eigenvalue weighted by molar-refractivity contribution is 0.169. The molecule has 0 aromatic carbocycles. The largest absolute Gasteiger partial charge is 0.313 e. The third-order valence-corrected chi connectivity index (χ3v) is 3.04. The smallest absolute Gasteiger partial charge is 0.0192 e. The number of nitrogens with one attached hydrogen (secondary N) is 1. The normalized spacial score (nSPS) is 14.4. The zero-order valence-electron chi connectivity index (χ0n) is 10.8. The second kappa shape index (κ2) is 7.24. The Balaban J connectivity index is 3.90. The van der Waals surface area contributed by atoms with E-state index < -0.39 is 0 Å². The van der Waals surface area contributed by atoms with E-state index in [0.717, 1.165) is 12.6 Å². The van der Waals surface area contributed by atoms with Gasteiger partial charge in [-0.3, -0.25) is 4.90 Å². The summed E-state index contributed by atoms with van der Waals surface area (Å²) < 4.78 is 0. The minimum absolute atomic E-state index is 0.590. The summed E-state index contributed by atoms with van der Waals surface area (Å²) in [5, 5.41) is 3.49. The van der Waals surface area contributed by atoms with E-state index in [1.54, 1.807) is 0 Å². The molecule has 0 rings (SSSR count). The number of hydrogen-bond donors (Lipinski definition) is 1. The Morgan fingerprint density at radius 2 is 1.57 bits per heavy atom. The van der Waals surface area contributed by atoms with Crippen molar-refractivity contribution >= 4 is 0 Å². The summed E-state index contributed by atoms with van der Waals surface area (Å²) >= 11 is 0. The predicted octanol–water partition coefficient (Wildman–Crippen LogP) is 2.49. The van der Waals surface area contributed by atoms with Crippen LogP contribution in [-0.4, -0.2) is 36.6 Å². The summed E-state index contributed by atoms with van der Waals surface area (Å²) in [5.74, 6) is 0. The van der Waals surface area contributed by atoms with Gasteiger partial charge in [-0.25, -0.2) is 0 Å². The molecule has 0 saturated carbocycles. The summed E-state index contributed by atoms with van der Waals surface area (Å²) in [6.07, 6.45) is 2.50. The number of hydrogen-bond acceptors (Lipinski definition) is 2. The van der Waals surface area contributed by atoms with Crippen molar-refractivity contribution in [2.24, 2.45) is 0 Å². The lowest BCUT2D eigenvalue weighted by Crippen LogP contribution is -2.44. The van der Waals surface area contributed by atoms with Crippen LogP contribution in [0, 0.1) is 0 Å². The molecule has 0 bridgehead atoms. The van der Waals surface area contributed by atoms with Crippen LogP contribution >= 0.6 is 0 Å². The van der Waals surface area contributed by atoms with Gasteiger partial charge in [0, 0.05) is 24.7 Å². The maximum Gasteiger partial charge on any atom is 0.0192 e. The molecule has 0 amide bonds. The SMILES string of the molecule is CCC(CC)N(C)C(C)CNC(C)C. The highest BCUT2D eigenvalue weighted by Gasteiger charge is 2.16. The third-order valence-electron chi connectivity index (χ3n) is 3.04. The van der Waals surface area contributed by atoms with Crippen LogP contribution in [0.15, 0.2) is 0 Å². The van der Waals surface area contributed by atoms with Crippen LogP contribution in [0.25, 0.3) is 0 Å². The molecule has 0 spiro atoms. The van der Waals surface area contributed by atoms with E-state index in [1.807, 2.05) is 0 Å². The summed E-state index contributed by atoms with van der Waals surface area (Å²) in [4.78, 5) is 2.50. The van der Waals surface area contributed by atoms with Crippen LogP contribution in [0.1, 0.15) is 47.5 Å². The van der Waals surface area contributed by atoms with E-state index >= 15 is 0 Å². The summed E-state index contributed by atoms with van der Waals surface area (Å²) in [7, 11) is 2.24. The van der Waals surface area contributed by atoms with Crippen molar-refractivity contribution in [3.63, 3.8) is 0 Å². The summed E-state index contributed by atoms with van der Waals surface area (Å²) in [6, 6.07) is 1.95. The van der Waals surface area contributed by atoms with E-state index in [4.69, 9.17) is 0 Å². The van der Waals surface area contributed by atoms with Gasteiger partial charge in [0.15, 0.2) is 0 Å². The Labute approximate surface area is 90.1 Å². The molecular weight excluding hydrogens is 172 g/mol. The topological polar surface area (TPSA) is 15.3 Å². The molecule has 0 aromatic rings. The van der Waals surface area contributed by atoms with E-state index in [9.17, 15) is 0 Å². The Hall–Kier alpha value is -0.0800. The highest BCUT2D eigenvalue weighted by atomic mass is 15.2. The molecule has 0 aliphatic heterocycles. The standard InChI is InChI=1S/C12H28N2/c1-7-12(8-2)14(6)11(5)9-13-10(3)4/h10-13H,7-9H2,1-6H3. The molecule has 86 valence electrons. The molecule has 0 aliphatic carbocycles. The zero-order valence-corrected chi connectivity index (χ0v) is 10.8. The summed E-state index contributed by atoms with van der Waals surface area (Å²) in [5.41, 5.74) is 0. The Morgan fingerprint density at radius 3 is 1.93 bits per heavy atom. The van der Waals surface area contributed by atoms with Gasteiger partial charge in [0.1, 0.15) is 0 Å². The van der Waals surface area contributed by atoms with Crippen LogP contribution in [-0.2, 0) is 0 Å². The fourth-order valence-corrected chi connectivity index (χ4v) is 1.77. The third kappa shape index (κ3) is 4.97. The Morgan fingerprint density at radius 1 is 1.07 bits per heavy atom. The molecule has 1 unspecified atom stereocenters. The fraction of sp³-hybridized carbons (Fsp3) is 1.00. The maximum atomic E-state index is 3.49. The second-order valence-electron chi connectivity index (χ2n) is 4.55. The van der Waals surface area contributed by atoms with Crippen LogP contribution in [0.2, 0.25) is 0 Å². The van der Waals surface area contributed by atoms with Crippen LogP contribution in [0.3, 0.4) is 0 Å². The van der Waals surface area contributed by atoms with Crippen molar-refractivity contribution < 1.29 is 0 Å². The van der Waals surface area contributed by atoms with Gasteiger partial charge in [0.25, 0.3) is 0 Å². The minimum atomic E-state index is 0.590. The predicted molar refractivity (Wildman–Crippen MR) is 64.7 cm³/mol. The number of likely N-dealkylation sites (N-methyl/N-ethyl adjacent to an activating group) is 1. The van der Waals surface area contributed by atoms with Gasteiger partial charge in [0.05, 0.1) is 0 Å². The first-order valence-corrected chi connectivity index (χ1v) is 5.98. The molecule has 14 heavy (non-hydrogen) atoms. The Bertz CT molecular complexity index is 130. The van der Waals surface area contributed by atoms with E-state index in [-0.39, 0.29) is 0 Å². The molecule has 0 aliphatic rings. The van der Waals surface area contributed by atoms with Gasteiger partial charge < -0.3 is 5.32 Å². The van der Waals surface area contributed by atoms with Crippen LogP contribution in [0.4, 0.5) is 0 Å². The van der Waals surface area contributed by atoms with Gasteiger partial charge in [-0.2, -0.15) is 0 Å². The average molecular weight is 200 g/mol. The number of nitrogens with zero attached hydrogens (tertiary/aromatic N) is 1. The number of rotatable bonds is 7. The fourth-order valence-electron chi connectivity index (χ4n) is 1.77. The summed E-state index contributed by atoms with van der Waals surface area (Å²) in [6.45, 7) is 12.3. The van der Waals surface area contributed by atoms with Crippen LogP contribution < -0.4 is 5.32 Å². The van der Waals surface area contributed by atoms with Crippen molar-refractivity contribution in [1.29, 1.82) is 0 Å². The van der Waals surface area contributed by atoms with Crippen LogP contribution in [0.5, 0.6) is 0 Å². The zero-order chi connectivity index (χ0) is 11.1. The Kier molecular flexibility index (Phi) is 7.20.